The molecule has 1 saturated carbocycles. The number of carbonyl (C=O) groups is 2. The number of nitrogens with zero attached hydrogens (tertiary/aromatic N) is 7. The summed E-state index contributed by atoms with van der Waals surface area (Å²) in [6.45, 7) is 0.563. The minimum atomic E-state index is -3.67. The Balaban J connectivity index is 1.25. The molecule has 234 valence electrons. The molecule has 3 fully saturated rings. The Kier molecular flexibility index (Phi) is 7.14. The van der Waals surface area contributed by atoms with E-state index in [1.165, 1.54) is 10.4 Å². The molecule has 4 heterocycles. The van der Waals surface area contributed by atoms with Crippen LogP contribution in [0.15, 0.2) is 96.4 Å². The van der Waals surface area contributed by atoms with Gasteiger partial charge in [0.1, 0.15) is 11.4 Å². The number of aryl methyl sites for hydroxylation is 2. The molecule has 3 atom stereocenters. The van der Waals surface area contributed by atoms with Crippen LogP contribution in [0.25, 0.3) is 0 Å². The third-order valence-corrected chi connectivity index (χ3v) is 11.3. The van der Waals surface area contributed by atoms with Crippen LogP contribution in [-0.4, -0.2) is 73.1 Å². The molecule has 4 aromatic rings. The van der Waals surface area contributed by atoms with Gasteiger partial charge in [-0.25, -0.2) is 18.4 Å². The van der Waals surface area contributed by atoms with Crippen LogP contribution < -0.4 is 5.32 Å². The number of allylic oxidation sites excluding steroid dienone is 1. The monoisotopic (exact) mass is 636 g/mol. The average molecular weight is 637 g/mol. The third kappa shape index (κ3) is 4.99. The summed E-state index contributed by atoms with van der Waals surface area (Å²) in [5.41, 5.74) is 1.32. The Hall–Kier alpha value is -5.06. The number of carbonyl (C=O) groups excluding carboxylic acids is 2. The van der Waals surface area contributed by atoms with E-state index in [9.17, 15) is 23.3 Å². The van der Waals surface area contributed by atoms with Gasteiger partial charge in [-0.3, -0.25) is 14.5 Å². The van der Waals surface area contributed by atoms with E-state index in [0.29, 0.717) is 29.8 Å². The highest BCUT2D eigenvalue weighted by atomic mass is 32.2. The number of amides is 1. The number of rotatable bonds is 9. The maximum atomic E-state index is 14.8. The maximum absolute atomic E-state index is 14.8. The summed E-state index contributed by atoms with van der Waals surface area (Å²) in [5, 5.41) is 12.7. The maximum Gasteiger partial charge on any atom is 0.254 e. The average Bonchev–Trinajstić information content (AvgIpc) is 3.52. The number of hydrogen-bond donors (Lipinski definition) is 1. The second kappa shape index (κ2) is 11.1. The number of aromatic nitrogens is 4. The second-order valence-electron chi connectivity index (χ2n) is 12.3. The van der Waals surface area contributed by atoms with Gasteiger partial charge in [-0.05, 0) is 36.4 Å². The fraction of sp³-hybridized carbons (Fsp3) is 0.303. The van der Waals surface area contributed by atoms with Crippen molar-refractivity contribution in [3.63, 3.8) is 0 Å². The van der Waals surface area contributed by atoms with Gasteiger partial charge < -0.3 is 14.5 Å². The van der Waals surface area contributed by atoms with E-state index < -0.39 is 15.6 Å². The SMILES string of the molecule is Cn1cncc1CC1(Cc2cncn2C)N/C(=C\C(=O)c2ccc(C#N)cc2)N(C2[C@H]3CN(S(=O)(=O)c4ccccc4)C[C@@H]23)C1=O. The highest BCUT2D eigenvalue weighted by Gasteiger charge is 2.65. The number of hydrogen-bond acceptors (Lipinski definition) is 8. The topological polar surface area (TPSA) is 146 Å². The molecular formula is C33H32N8O4S. The number of sulfonamides is 1. The first kappa shape index (κ1) is 29.6. The predicted molar refractivity (Wildman–Crippen MR) is 166 cm³/mol. The molecule has 13 heteroatoms. The van der Waals surface area contributed by atoms with Crippen LogP contribution in [0.5, 0.6) is 0 Å². The van der Waals surface area contributed by atoms with Crippen molar-refractivity contribution >= 4 is 21.7 Å². The van der Waals surface area contributed by atoms with Crippen LogP contribution in [0.2, 0.25) is 0 Å². The van der Waals surface area contributed by atoms with E-state index in [0.717, 1.165) is 11.4 Å². The van der Waals surface area contributed by atoms with Gasteiger partial charge in [0.25, 0.3) is 5.91 Å². The molecule has 0 radical (unpaired) electrons. The van der Waals surface area contributed by atoms with Gasteiger partial charge >= 0.3 is 0 Å². The van der Waals surface area contributed by atoms with Crippen LogP contribution in [-0.2, 0) is 41.8 Å². The summed E-state index contributed by atoms with van der Waals surface area (Å²) < 4.78 is 32.0. The number of nitrogens with one attached hydrogen (secondary N) is 1. The molecule has 2 aromatic heterocycles. The van der Waals surface area contributed by atoms with Gasteiger partial charge in [-0.2, -0.15) is 9.57 Å². The van der Waals surface area contributed by atoms with Crippen molar-refractivity contribution in [2.24, 2.45) is 25.9 Å². The molecule has 1 unspecified atom stereocenters. The lowest BCUT2D eigenvalue weighted by Gasteiger charge is -2.28. The Morgan fingerprint density at radius 1 is 0.978 bits per heavy atom. The Bertz CT molecular complexity index is 1950. The van der Waals surface area contributed by atoms with Crippen molar-refractivity contribution < 1.29 is 18.0 Å². The van der Waals surface area contributed by atoms with Crippen LogP contribution in [0.4, 0.5) is 0 Å². The van der Waals surface area contributed by atoms with Gasteiger partial charge in [0.15, 0.2) is 5.78 Å². The molecule has 2 saturated heterocycles. The lowest BCUT2D eigenvalue weighted by Crippen LogP contribution is -2.51. The van der Waals surface area contributed by atoms with Gasteiger partial charge in [-0.15, -0.1) is 0 Å². The zero-order valence-electron chi connectivity index (χ0n) is 25.3. The second-order valence-corrected chi connectivity index (χ2v) is 14.2. The first-order valence-electron chi connectivity index (χ1n) is 14.9. The van der Waals surface area contributed by atoms with Gasteiger partial charge in [0, 0.05) is 93.3 Å². The highest BCUT2D eigenvalue weighted by molar-refractivity contribution is 7.89. The zero-order valence-corrected chi connectivity index (χ0v) is 26.1. The number of piperidine rings is 1. The molecule has 0 spiro atoms. The van der Waals surface area contributed by atoms with Crippen LogP contribution in [0.3, 0.4) is 0 Å². The Morgan fingerprint density at radius 2 is 1.57 bits per heavy atom. The number of fused-ring (bicyclic) bond motifs is 1. The van der Waals surface area contributed by atoms with Crippen molar-refractivity contribution in [3.05, 3.63) is 114 Å². The van der Waals surface area contributed by atoms with E-state index in [-0.39, 0.29) is 47.6 Å². The normalized spacial score (nSPS) is 22.9. The third-order valence-electron chi connectivity index (χ3n) is 9.41. The van der Waals surface area contributed by atoms with Crippen molar-refractivity contribution in [3.8, 4) is 6.07 Å². The van der Waals surface area contributed by atoms with E-state index in [1.54, 1.807) is 84.5 Å². The lowest BCUT2D eigenvalue weighted by molar-refractivity contribution is -0.132. The molecule has 46 heavy (non-hydrogen) atoms. The Labute approximate surface area is 266 Å². The largest absolute Gasteiger partial charge is 0.356 e. The quantitative estimate of drug-likeness (QED) is 0.217. The van der Waals surface area contributed by atoms with E-state index >= 15 is 0 Å². The molecule has 1 aliphatic carbocycles. The van der Waals surface area contributed by atoms with Crippen LogP contribution in [0, 0.1) is 23.2 Å². The molecule has 0 bridgehead atoms. The zero-order chi connectivity index (χ0) is 32.2. The number of imidazole rings is 2. The van der Waals surface area contributed by atoms with Crippen molar-refractivity contribution in [1.29, 1.82) is 5.26 Å². The van der Waals surface area contributed by atoms with Gasteiger partial charge in [0.05, 0.1) is 29.2 Å². The number of benzene rings is 2. The molecule has 3 aliphatic rings. The van der Waals surface area contributed by atoms with Crippen molar-refractivity contribution in [2.75, 3.05) is 13.1 Å². The van der Waals surface area contributed by atoms with E-state index in [4.69, 9.17) is 0 Å². The minimum absolute atomic E-state index is 0.0816. The first-order valence-corrected chi connectivity index (χ1v) is 16.4. The molecule has 1 amide bonds. The van der Waals surface area contributed by atoms with Crippen LogP contribution >= 0.6 is 0 Å². The summed E-state index contributed by atoms with van der Waals surface area (Å²) in [6, 6.07) is 16.5. The molecule has 7 rings (SSSR count). The van der Waals surface area contributed by atoms with Crippen molar-refractivity contribution in [1.82, 2.24) is 33.6 Å². The summed E-state index contributed by atoms with van der Waals surface area (Å²) in [6.07, 6.45) is 8.86. The summed E-state index contributed by atoms with van der Waals surface area (Å²) >= 11 is 0. The molecular weight excluding hydrogens is 604 g/mol. The minimum Gasteiger partial charge on any atom is -0.356 e. The van der Waals surface area contributed by atoms with E-state index in [2.05, 4.69) is 21.4 Å². The number of ketones is 1. The smallest absolute Gasteiger partial charge is 0.254 e. The standard InChI is InChI=1S/C33H32N8O4S/c1-38-20-35-16-24(38)13-33(14-25-17-36-21-39(25)2)32(43)41(30(37-33)12-29(42)23-10-8-22(15-34)9-11-23)31-27-18-40(19-28(27)31)46(44,45)26-6-4-3-5-7-26/h3-12,16-17,20-21,27-28,31,37H,13-14,18-19H2,1-2H3/b30-12+/t27-,28+,31?. The fourth-order valence-electron chi connectivity index (χ4n) is 6.82. The summed E-state index contributed by atoms with van der Waals surface area (Å²) in [7, 11) is 0.0674. The number of nitriles is 1. The molecule has 1 N–H and O–H groups in total. The van der Waals surface area contributed by atoms with Crippen LogP contribution in [0.1, 0.15) is 27.3 Å². The fourth-order valence-corrected chi connectivity index (χ4v) is 8.36. The predicted octanol–water partition coefficient (Wildman–Crippen LogP) is 2.02. The van der Waals surface area contributed by atoms with Gasteiger partial charge in [0.2, 0.25) is 10.0 Å². The highest BCUT2D eigenvalue weighted by Crippen LogP contribution is 2.53. The van der Waals surface area contributed by atoms with Crippen molar-refractivity contribution in [2.45, 2.75) is 29.3 Å². The molecule has 12 nitrogen and oxygen atoms in total. The lowest BCUT2D eigenvalue weighted by atomic mass is 9.88. The molecule has 2 aliphatic heterocycles. The van der Waals surface area contributed by atoms with E-state index in [1.807, 2.05) is 23.2 Å². The summed E-state index contributed by atoms with van der Waals surface area (Å²) in [5.74, 6) is -0.296. The molecule has 2 aromatic carbocycles. The summed E-state index contributed by atoms with van der Waals surface area (Å²) in [4.78, 5) is 38.9. The Morgan fingerprint density at radius 3 is 2.09 bits per heavy atom. The first-order chi connectivity index (χ1) is 22.1. The van der Waals surface area contributed by atoms with Gasteiger partial charge in [-0.1, -0.05) is 18.2 Å².